The van der Waals surface area contributed by atoms with Gasteiger partial charge in [-0.15, -0.1) is 0 Å². The summed E-state index contributed by atoms with van der Waals surface area (Å²) in [6, 6.07) is 26.3. The van der Waals surface area contributed by atoms with Crippen molar-refractivity contribution in [2.24, 2.45) is 0 Å². The van der Waals surface area contributed by atoms with Gasteiger partial charge in [-0.3, -0.25) is 9.59 Å². The Morgan fingerprint density at radius 1 is 0.758 bits per heavy atom. The summed E-state index contributed by atoms with van der Waals surface area (Å²) >= 11 is 6.03. The minimum Gasteiger partial charge on any atom is -0.350 e. The van der Waals surface area contributed by atoms with E-state index in [1.54, 1.807) is 24.3 Å². The first-order valence-electron chi connectivity index (χ1n) is 10.6. The van der Waals surface area contributed by atoms with E-state index in [9.17, 15) is 9.59 Å². The molecule has 0 saturated carbocycles. The third-order valence-corrected chi connectivity index (χ3v) is 6.27. The summed E-state index contributed by atoms with van der Waals surface area (Å²) in [6.07, 6.45) is 0. The highest BCUT2D eigenvalue weighted by atomic mass is 35.5. The molecule has 0 radical (unpaired) electrons. The summed E-state index contributed by atoms with van der Waals surface area (Å²) in [4.78, 5) is 28.5. The predicted octanol–water partition coefficient (Wildman–Crippen LogP) is 6.51. The summed E-state index contributed by atoms with van der Waals surface area (Å²) in [6.45, 7) is 4.01. The number of amides is 2. The van der Waals surface area contributed by atoms with Crippen molar-refractivity contribution in [2.75, 3.05) is 10.2 Å². The van der Waals surface area contributed by atoms with Crippen LogP contribution in [0.1, 0.15) is 16.7 Å². The van der Waals surface area contributed by atoms with Gasteiger partial charge < -0.3 is 5.32 Å². The molecule has 2 amide bonds. The van der Waals surface area contributed by atoms with E-state index < -0.39 is 5.91 Å². The van der Waals surface area contributed by atoms with Crippen LogP contribution < -0.4 is 10.2 Å². The molecule has 0 unspecified atom stereocenters. The van der Waals surface area contributed by atoms with Crippen LogP contribution >= 0.6 is 11.6 Å². The lowest BCUT2D eigenvalue weighted by molar-refractivity contribution is -0.120. The topological polar surface area (TPSA) is 49.4 Å². The van der Waals surface area contributed by atoms with Gasteiger partial charge in [0, 0.05) is 16.1 Å². The molecule has 1 aliphatic rings. The van der Waals surface area contributed by atoms with Crippen LogP contribution in [0.2, 0.25) is 5.02 Å². The fourth-order valence-corrected chi connectivity index (χ4v) is 4.23. The highest BCUT2D eigenvalue weighted by molar-refractivity contribution is 6.46. The number of anilines is 2. The number of nitrogens with zero attached hydrogens (tertiary/aromatic N) is 1. The molecule has 0 bridgehead atoms. The van der Waals surface area contributed by atoms with Crippen molar-refractivity contribution >= 4 is 51.1 Å². The van der Waals surface area contributed by atoms with Crippen molar-refractivity contribution in [2.45, 2.75) is 13.8 Å². The van der Waals surface area contributed by atoms with Gasteiger partial charge in [0.05, 0.1) is 11.3 Å². The molecule has 0 fully saturated rings. The molecular weight excluding hydrogens is 432 g/mol. The molecule has 0 spiro atoms. The Labute approximate surface area is 197 Å². The second-order valence-corrected chi connectivity index (χ2v) is 8.56. The number of hydrogen-bond donors (Lipinski definition) is 1. The fourth-order valence-electron chi connectivity index (χ4n) is 4.10. The zero-order valence-electron chi connectivity index (χ0n) is 18.2. The molecule has 1 N–H and O–H groups in total. The Bertz CT molecular complexity index is 1450. The monoisotopic (exact) mass is 452 g/mol. The summed E-state index contributed by atoms with van der Waals surface area (Å²) in [5.41, 5.74) is 4.73. The first kappa shape index (κ1) is 21.0. The summed E-state index contributed by atoms with van der Waals surface area (Å²) in [5.74, 6) is -0.767. The summed E-state index contributed by atoms with van der Waals surface area (Å²) in [7, 11) is 0. The number of rotatable bonds is 4. The SMILES string of the molecule is Cc1ccc(C2=C(Nc3cccc4ccccc34)C(=O)N(c3ccc(Cl)cc3)C2=O)cc1C. The zero-order chi connectivity index (χ0) is 23.1. The van der Waals surface area contributed by atoms with Gasteiger partial charge in [-0.25, -0.2) is 4.90 Å². The Morgan fingerprint density at radius 3 is 2.24 bits per heavy atom. The van der Waals surface area contributed by atoms with E-state index in [2.05, 4.69) is 5.32 Å². The van der Waals surface area contributed by atoms with Gasteiger partial charge in [-0.1, -0.05) is 66.2 Å². The van der Waals surface area contributed by atoms with Gasteiger partial charge in [0.2, 0.25) is 0 Å². The maximum atomic E-state index is 13.6. The molecule has 4 aromatic rings. The van der Waals surface area contributed by atoms with Crippen LogP contribution in [0.15, 0.2) is 90.6 Å². The predicted molar refractivity (Wildman–Crippen MR) is 134 cm³/mol. The maximum Gasteiger partial charge on any atom is 0.282 e. The first-order valence-corrected chi connectivity index (χ1v) is 11.0. The lowest BCUT2D eigenvalue weighted by Gasteiger charge is -2.16. The molecule has 33 heavy (non-hydrogen) atoms. The van der Waals surface area contributed by atoms with Crippen LogP contribution in [0.4, 0.5) is 11.4 Å². The quantitative estimate of drug-likeness (QED) is 0.359. The molecule has 0 saturated heterocycles. The largest absolute Gasteiger partial charge is 0.350 e. The highest BCUT2D eigenvalue weighted by Gasteiger charge is 2.40. The number of carbonyl (C=O) groups excluding carboxylic acids is 2. The van der Waals surface area contributed by atoms with Crippen molar-refractivity contribution in [3.63, 3.8) is 0 Å². The van der Waals surface area contributed by atoms with E-state index in [1.807, 2.05) is 74.5 Å². The van der Waals surface area contributed by atoms with Crippen LogP contribution in [0, 0.1) is 13.8 Å². The van der Waals surface area contributed by atoms with Gasteiger partial charge in [0.15, 0.2) is 0 Å². The highest BCUT2D eigenvalue weighted by Crippen LogP contribution is 2.36. The van der Waals surface area contributed by atoms with Crippen molar-refractivity contribution in [3.8, 4) is 0 Å². The standard InChI is InChI=1S/C28H21ClN2O2/c1-17-10-11-20(16-18(17)2)25-26(30-24-9-5-7-19-6-3-4-8-23(19)24)28(33)31(27(25)32)22-14-12-21(29)13-15-22/h3-16,30H,1-2H3. The van der Waals surface area contributed by atoms with Crippen molar-refractivity contribution in [1.29, 1.82) is 0 Å². The first-order chi connectivity index (χ1) is 15.9. The van der Waals surface area contributed by atoms with E-state index in [-0.39, 0.29) is 11.6 Å². The molecule has 1 aliphatic heterocycles. The van der Waals surface area contributed by atoms with Gasteiger partial charge in [-0.2, -0.15) is 0 Å². The minimum atomic E-state index is -0.400. The molecule has 1 heterocycles. The average Bonchev–Trinajstić information content (AvgIpc) is 3.06. The number of aryl methyl sites for hydroxylation is 2. The maximum absolute atomic E-state index is 13.6. The number of carbonyl (C=O) groups is 2. The molecule has 4 aromatic carbocycles. The molecule has 5 heteroatoms. The Kier molecular flexibility index (Phi) is 5.23. The Hall–Kier alpha value is -3.89. The number of halogens is 1. The molecule has 0 aromatic heterocycles. The van der Waals surface area contributed by atoms with Crippen LogP contribution in [-0.2, 0) is 9.59 Å². The second kappa shape index (κ2) is 8.23. The van der Waals surface area contributed by atoms with E-state index in [1.165, 1.54) is 4.90 Å². The van der Waals surface area contributed by atoms with Crippen molar-refractivity contribution in [3.05, 3.63) is 112 Å². The molecule has 0 atom stereocenters. The van der Waals surface area contributed by atoms with E-state index in [0.29, 0.717) is 21.8 Å². The van der Waals surface area contributed by atoms with Gasteiger partial charge >= 0.3 is 0 Å². The number of benzene rings is 4. The van der Waals surface area contributed by atoms with Crippen LogP contribution in [0.3, 0.4) is 0 Å². The Balaban J connectivity index is 1.67. The van der Waals surface area contributed by atoms with E-state index in [4.69, 9.17) is 11.6 Å². The third kappa shape index (κ3) is 3.69. The average molecular weight is 453 g/mol. The molecule has 162 valence electrons. The molecular formula is C28H21ClN2O2. The smallest absolute Gasteiger partial charge is 0.282 e. The summed E-state index contributed by atoms with van der Waals surface area (Å²) in [5, 5.41) is 5.85. The van der Waals surface area contributed by atoms with E-state index >= 15 is 0 Å². The number of nitrogens with one attached hydrogen (secondary N) is 1. The van der Waals surface area contributed by atoms with Gasteiger partial charge in [0.1, 0.15) is 5.70 Å². The third-order valence-electron chi connectivity index (χ3n) is 6.01. The molecule has 0 aliphatic carbocycles. The van der Waals surface area contributed by atoms with Crippen LogP contribution in [-0.4, -0.2) is 11.8 Å². The lowest BCUT2D eigenvalue weighted by atomic mass is 9.99. The second-order valence-electron chi connectivity index (χ2n) is 8.12. The lowest BCUT2D eigenvalue weighted by Crippen LogP contribution is -2.32. The van der Waals surface area contributed by atoms with E-state index in [0.717, 1.165) is 27.6 Å². The fraction of sp³-hybridized carbons (Fsp3) is 0.0714. The van der Waals surface area contributed by atoms with Crippen molar-refractivity contribution in [1.82, 2.24) is 0 Å². The minimum absolute atomic E-state index is 0.259. The van der Waals surface area contributed by atoms with Crippen molar-refractivity contribution < 1.29 is 9.59 Å². The normalized spacial score (nSPS) is 13.8. The van der Waals surface area contributed by atoms with Gasteiger partial charge in [0.25, 0.3) is 11.8 Å². The van der Waals surface area contributed by atoms with Crippen LogP contribution in [0.5, 0.6) is 0 Å². The van der Waals surface area contributed by atoms with Crippen LogP contribution in [0.25, 0.3) is 16.3 Å². The van der Waals surface area contributed by atoms with Gasteiger partial charge in [-0.05, 0) is 66.3 Å². The zero-order valence-corrected chi connectivity index (χ0v) is 19.0. The molecule has 4 nitrogen and oxygen atoms in total. The number of hydrogen-bond acceptors (Lipinski definition) is 3. The number of fused-ring (bicyclic) bond motifs is 1. The number of imide groups is 1. The molecule has 5 rings (SSSR count). The Morgan fingerprint density at radius 2 is 1.48 bits per heavy atom. The summed E-state index contributed by atoms with van der Waals surface area (Å²) < 4.78 is 0.